The number of nitrogens with one attached hydrogen (secondary N) is 1. The van der Waals surface area contributed by atoms with Crippen molar-refractivity contribution in [2.45, 2.75) is 37.5 Å². The maximum Gasteiger partial charge on any atom is 0.243 e. The number of carbonyl (C=O) groups is 2. The molecule has 1 N–H and O–H groups in total. The molecule has 2 aromatic rings. The average molecular weight is 460 g/mol. The minimum absolute atomic E-state index is 0.0124. The van der Waals surface area contributed by atoms with Gasteiger partial charge in [0.1, 0.15) is 5.82 Å². The lowest BCUT2D eigenvalue weighted by Gasteiger charge is -2.31. The minimum atomic E-state index is -3.81. The first-order valence-electron chi connectivity index (χ1n) is 10.7. The van der Waals surface area contributed by atoms with Gasteiger partial charge in [0.05, 0.1) is 10.8 Å². The summed E-state index contributed by atoms with van der Waals surface area (Å²) in [5.74, 6) is -1.19. The molecule has 7 nitrogen and oxygen atoms in total. The number of carbonyl (C=O) groups excluding carboxylic acids is 2. The highest BCUT2D eigenvalue weighted by molar-refractivity contribution is 7.89. The van der Waals surface area contributed by atoms with Gasteiger partial charge in [-0.25, -0.2) is 12.8 Å². The maximum absolute atomic E-state index is 13.2. The number of benzene rings is 2. The summed E-state index contributed by atoms with van der Waals surface area (Å²) in [4.78, 5) is 26.8. The minimum Gasteiger partial charge on any atom is -0.326 e. The highest BCUT2D eigenvalue weighted by Gasteiger charge is 2.33. The van der Waals surface area contributed by atoms with E-state index in [4.69, 9.17) is 0 Å². The Hall–Kier alpha value is -2.78. The van der Waals surface area contributed by atoms with Crippen LogP contribution in [-0.2, 0) is 19.6 Å². The zero-order valence-electron chi connectivity index (χ0n) is 17.9. The van der Waals surface area contributed by atoms with Crippen LogP contribution in [0.3, 0.4) is 0 Å². The maximum atomic E-state index is 13.2. The summed E-state index contributed by atoms with van der Waals surface area (Å²) in [5.41, 5.74) is 2.32. The molecule has 0 saturated carbocycles. The predicted molar refractivity (Wildman–Crippen MR) is 119 cm³/mol. The second-order valence-corrected chi connectivity index (χ2v) is 10.2. The summed E-state index contributed by atoms with van der Waals surface area (Å²) < 4.78 is 40.3. The van der Waals surface area contributed by atoms with Gasteiger partial charge in [-0.3, -0.25) is 9.59 Å². The Morgan fingerprint density at radius 3 is 2.53 bits per heavy atom. The fourth-order valence-electron chi connectivity index (χ4n) is 4.26. The molecule has 2 saturated heterocycles. The number of hydrogen-bond donors (Lipinski definition) is 1. The average Bonchev–Trinajstić information content (AvgIpc) is 3.21. The number of amides is 2. The summed E-state index contributed by atoms with van der Waals surface area (Å²) in [6.45, 7) is 2.96. The molecule has 170 valence electrons. The first-order valence-corrected chi connectivity index (χ1v) is 12.2. The molecule has 2 aliphatic heterocycles. The zero-order chi connectivity index (χ0) is 22.9. The van der Waals surface area contributed by atoms with Crippen LogP contribution in [0.25, 0.3) is 0 Å². The Balaban J connectivity index is 1.47. The van der Waals surface area contributed by atoms with Crippen molar-refractivity contribution < 1.29 is 22.4 Å². The number of rotatable bonds is 5. The molecule has 4 rings (SSSR count). The largest absolute Gasteiger partial charge is 0.326 e. The summed E-state index contributed by atoms with van der Waals surface area (Å²) in [7, 11) is -3.81. The Morgan fingerprint density at radius 1 is 1.09 bits per heavy atom. The molecule has 0 spiro atoms. The quantitative estimate of drug-likeness (QED) is 0.743. The second kappa shape index (κ2) is 8.99. The summed E-state index contributed by atoms with van der Waals surface area (Å²) in [6.07, 6.45) is 2.47. The molecule has 2 aromatic carbocycles. The number of sulfonamides is 1. The molecule has 0 radical (unpaired) electrons. The lowest BCUT2D eigenvalue weighted by Crippen LogP contribution is -2.43. The van der Waals surface area contributed by atoms with Gasteiger partial charge in [0.25, 0.3) is 0 Å². The Kier molecular flexibility index (Phi) is 6.30. The monoisotopic (exact) mass is 459 g/mol. The molecule has 32 heavy (non-hydrogen) atoms. The van der Waals surface area contributed by atoms with Crippen molar-refractivity contribution in [3.63, 3.8) is 0 Å². The van der Waals surface area contributed by atoms with Gasteiger partial charge in [-0.1, -0.05) is 6.07 Å². The van der Waals surface area contributed by atoms with Gasteiger partial charge in [0, 0.05) is 37.4 Å². The number of piperidine rings is 1. The van der Waals surface area contributed by atoms with Crippen LogP contribution in [0.5, 0.6) is 0 Å². The summed E-state index contributed by atoms with van der Waals surface area (Å²) >= 11 is 0. The predicted octanol–water partition coefficient (Wildman–Crippen LogP) is 3.30. The van der Waals surface area contributed by atoms with Crippen LogP contribution in [0.1, 0.15) is 31.2 Å². The second-order valence-electron chi connectivity index (χ2n) is 8.30. The van der Waals surface area contributed by atoms with Crippen LogP contribution in [0, 0.1) is 18.7 Å². The van der Waals surface area contributed by atoms with Crippen LogP contribution in [0.2, 0.25) is 0 Å². The van der Waals surface area contributed by atoms with E-state index in [0.29, 0.717) is 38.0 Å². The smallest absolute Gasteiger partial charge is 0.243 e. The first kappa shape index (κ1) is 22.4. The fourth-order valence-corrected chi connectivity index (χ4v) is 5.78. The van der Waals surface area contributed by atoms with Crippen LogP contribution in [-0.4, -0.2) is 44.2 Å². The van der Waals surface area contributed by atoms with Crippen LogP contribution < -0.4 is 10.2 Å². The van der Waals surface area contributed by atoms with Crippen molar-refractivity contribution in [2.24, 2.45) is 5.92 Å². The van der Waals surface area contributed by atoms with E-state index in [1.807, 2.05) is 13.0 Å². The van der Waals surface area contributed by atoms with Crippen LogP contribution >= 0.6 is 0 Å². The zero-order valence-corrected chi connectivity index (χ0v) is 18.7. The van der Waals surface area contributed by atoms with Gasteiger partial charge in [-0.15, -0.1) is 0 Å². The van der Waals surface area contributed by atoms with E-state index in [9.17, 15) is 22.4 Å². The molecule has 0 aromatic heterocycles. The van der Waals surface area contributed by atoms with Crippen molar-refractivity contribution in [2.75, 3.05) is 29.9 Å². The number of hydrogen-bond acceptors (Lipinski definition) is 4. The Labute approximate surface area is 187 Å². The third-order valence-electron chi connectivity index (χ3n) is 6.05. The number of aryl methyl sites for hydroxylation is 1. The third-order valence-corrected chi connectivity index (χ3v) is 7.93. The molecular formula is C23H26FN3O4S. The third kappa shape index (κ3) is 4.54. The molecule has 2 heterocycles. The van der Waals surface area contributed by atoms with Gasteiger partial charge in [0.15, 0.2) is 0 Å². The van der Waals surface area contributed by atoms with Gasteiger partial charge < -0.3 is 10.2 Å². The molecule has 0 aliphatic carbocycles. The van der Waals surface area contributed by atoms with Crippen molar-refractivity contribution in [1.82, 2.24) is 4.31 Å². The molecule has 9 heteroatoms. The van der Waals surface area contributed by atoms with Gasteiger partial charge >= 0.3 is 0 Å². The number of anilines is 2. The number of nitrogens with zero attached hydrogens (tertiary/aromatic N) is 2. The molecule has 0 bridgehead atoms. The topological polar surface area (TPSA) is 86.8 Å². The fraction of sp³-hybridized carbons (Fsp3) is 0.391. The Morgan fingerprint density at radius 2 is 1.84 bits per heavy atom. The van der Waals surface area contributed by atoms with Crippen molar-refractivity contribution in [3.8, 4) is 0 Å². The highest BCUT2D eigenvalue weighted by Crippen LogP contribution is 2.29. The summed E-state index contributed by atoms with van der Waals surface area (Å²) in [6, 6.07) is 10.1. The van der Waals surface area contributed by atoms with Gasteiger partial charge in [-0.05, 0) is 68.1 Å². The van der Waals surface area contributed by atoms with Crippen LogP contribution in [0.4, 0.5) is 15.8 Å². The SMILES string of the molecule is Cc1ccc(NC(=O)C2CCCN(S(=O)(=O)c3ccc(F)cc3)C2)cc1N1CCCC1=O. The summed E-state index contributed by atoms with van der Waals surface area (Å²) in [5, 5.41) is 2.89. The van der Waals surface area contributed by atoms with E-state index < -0.39 is 21.8 Å². The lowest BCUT2D eigenvalue weighted by atomic mass is 9.98. The van der Waals surface area contributed by atoms with Crippen molar-refractivity contribution >= 4 is 33.2 Å². The molecule has 1 atom stereocenters. The van der Waals surface area contributed by atoms with E-state index in [1.54, 1.807) is 17.0 Å². The van der Waals surface area contributed by atoms with Crippen LogP contribution in [0.15, 0.2) is 47.4 Å². The van der Waals surface area contributed by atoms with Gasteiger partial charge in [0.2, 0.25) is 21.8 Å². The van der Waals surface area contributed by atoms with E-state index >= 15 is 0 Å². The molecular weight excluding hydrogens is 433 g/mol. The van der Waals surface area contributed by atoms with E-state index in [-0.39, 0.29) is 23.3 Å². The van der Waals surface area contributed by atoms with Gasteiger partial charge in [-0.2, -0.15) is 4.31 Å². The first-order chi connectivity index (χ1) is 15.3. The highest BCUT2D eigenvalue weighted by atomic mass is 32.2. The Bertz CT molecular complexity index is 1130. The van der Waals surface area contributed by atoms with E-state index in [2.05, 4.69) is 5.32 Å². The molecule has 2 aliphatic rings. The standard InChI is InChI=1S/C23H26FN3O4S/c1-16-6-9-19(14-21(16)27-13-3-5-22(27)28)25-23(29)17-4-2-12-26(15-17)32(30,31)20-10-7-18(24)8-11-20/h6-11,14,17H,2-5,12-13,15H2,1H3,(H,25,29). The lowest BCUT2D eigenvalue weighted by molar-refractivity contribution is -0.121. The van der Waals surface area contributed by atoms with E-state index in [1.165, 1.54) is 16.4 Å². The molecule has 2 amide bonds. The van der Waals surface area contributed by atoms with E-state index in [0.717, 1.165) is 29.8 Å². The van der Waals surface area contributed by atoms with Crippen molar-refractivity contribution in [1.29, 1.82) is 0 Å². The molecule has 2 fully saturated rings. The number of halogens is 1. The molecule has 1 unspecified atom stereocenters. The normalized spacial score (nSPS) is 19.9. The van der Waals surface area contributed by atoms with Crippen molar-refractivity contribution in [3.05, 3.63) is 53.8 Å².